The lowest BCUT2D eigenvalue weighted by Gasteiger charge is -2.39. The van der Waals surface area contributed by atoms with Gasteiger partial charge in [-0.15, -0.1) is 0 Å². The molecule has 2 heterocycles. The second-order valence-electron chi connectivity index (χ2n) is 5.94. The van der Waals surface area contributed by atoms with E-state index in [9.17, 15) is 20.1 Å². The third-order valence-corrected chi connectivity index (χ3v) is 4.20. The van der Waals surface area contributed by atoms with Crippen LogP contribution in [-0.2, 0) is 14.3 Å². The van der Waals surface area contributed by atoms with Crippen molar-refractivity contribution in [2.45, 2.75) is 30.7 Å². The van der Waals surface area contributed by atoms with E-state index in [0.29, 0.717) is 11.5 Å². The maximum Gasteiger partial charge on any atom is 0.244 e. The molecule has 5 atom stereocenters. The number of methoxy groups -OCH3 is 1. The van der Waals surface area contributed by atoms with Gasteiger partial charge in [0, 0.05) is 19.7 Å². The summed E-state index contributed by atoms with van der Waals surface area (Å²) < 4.78 is 20.7. The van der Waals surface area contributed by atoms with Gasteiger partial charge in [-0.3, -0.25) is 4.79 Å². The normalized spacial score (nSPS) is 30.5. The van der Waals surface area contributed by atoms with E-state index in [1.165, 1.54) is 13.2 Å². The Labute approximate surface area is 149 Å². The smallest absolute Gasteiger partial charge is 0.244 e. The molecule has 1 fully saturated rings. The van der Waals surface area contributed by atoms with Crippen molar-refractivity contribution in [1.82, 2.24) is 5.32 Å². The number of hydrogen-bond acceptors (Lipinski definition) is 8. The van der Waals surface area contributed by atoms with Crippen molar-refractivity contribution in [2.75, 3.05) is 20.4 Å². The number of ether oxygens (including phenoxy) is 4. The molecule has 142 valence electrons. The Kier molecular flexibility index (Phi) is 5.74. The van der Waals surface area contributed by atoms with Crippen LogP contribution >= 0.6 is 0 Å². The van der Waals surface area contributed by atoms with E-state index in [0.717, 1.165) is 5.56 Å². The van der Waals surface area contributed by atoms with Crippen molar-refractivity contribution in [3.8, 4) is 11.5 Å². The highest BCUT2D eigenvalue weighted by molar-refractivity contribution is 5.91. The molecule has 0 spiro atoms. The van der Waals surface area contributed by atoms with Crippen molar-refractivity contribution < 1.29 is 39.1 Å². The van der Waals surface area contributed by atoms with Crippen molar-refractivity contribution >= 4 is 12.0 Å². The molecule has 1 aromatic rings. The summed E-state index contributed by atoms with van der Waals surface area (Å²) in [5, 5.41) is 32.0. The van der Waals surface area contributed by atoms with E-state index in [4.69, 9.17) is 18.9 Å². The summed E-state index contributed by atoms with van der Waals surface area (Å²) in [6.07, 6.45) is -3.22. The zero-order valence-corrected chi connectivity index (χ0v) is 14.1. The number of nitrogens with one attached hydrogen (secondary N) is 1. The van der Waals surface area contributed by atoms with Gasteiger partial charge in [-0.25, -0.2) is 0 Å². The first kappa shape index (κ1) is 18.6. The fourth-order valence-corrected chi connectivity index (χ4v) is 2.73. The summed E-state index contributed by atoms with van der Waals surface area (Å²) in [4.78, 5) is 12.0. The minimum absolute atomic E-state index is 0.0604. The summed E-state index contributed by atoms with van der Waals surface area (Å²) >= 11 is 0. The van der Waals surface area contributed by atoms with E-state index in [1.54, 1.807) is 24.3 Å². The van der Waals surface area contributed by atoms with Crippen LogP contribution in [0, 0.1) is 0 Å². The van der Waals surface area contributed by atoms with Crippen LogP contribution in [0.5, 0.6) is 11.5 Å². The van der Waals surface area contributed by atoms with Gasteiger partial charge in [0.15, 0.2) is 17.8 Å². The van der Waals surface area contributed by atoms with Crippen molar-refractivity contribution in [2.24, 2.45) is 0 Å². The number of aliphatic hydroxyl groups excluding tert-OH is 3. The number of aliphatic hydroxyl groups is 3. The molecule has 0 aromatic heterocycles. The molecular formula is C17H21NO8. The second kappa shape index (κ2) is 8.02. The lowest BCUT2D eigenvalue weighted by Crippen LogP contribution is -2.60. The first-order chi connectivity index (χ1) is 12.5. The Morgan fingerprint density at radius 3 is 2.77 bits per heavy atom. The van der Waals surface area contributed by atoms with Gasteiger partial charge in [-0.05, 0) is 23.8 Å². The molecular weight excluding hydrogens is 346 g/mol. The standard InChI is InChI=1S/C17H21NO8/c1-23-17-16(22)15(21)14(20)12(26-17)7-18-13(19)5-3-9-2-4-10-11(6-9)25-8-24-10/h2-6,12,14-17,20-22H,7-8H2,1H3,(H,18,19). The van der Waals surface area contributed by atoms with E-state index in [2.05, 4.69) is 5.32 Å². The van der Waals surface area contributed by atoms with Crippen LogP contribution in [0.4, 0.5) is 0 Å². The molecule has 1 aromatic carbocycles. The topological polar surface area (TPSA) is 127 Å². The minimum Gasteiger partial charge on any atom is -0.454 e. The molecule has 5 unspecified atom stereocenters. The number of carbonyl (C=O) groups is 1. The van der Waals surface area contributed by atoms with Gasteiger partial charge in [0.05, 0.1) is 0 Å². The van der Waals surface area contributed by atoms with E-state index >= 15 is 0 Å². The Hall–Kier alpha value is -2.17. The molecule has 2 aliphatic rings. The predicted octanol–water partition coefficient (Wildman–Crippen LogP) is -1.00. The van der Waals surface area contributed by atoms with Crippen LogP contribution in [0.1, 0.15) is 5.56 Å². The molecule has 1 amide bonds. The highest BCUT2D eigenvalue weighted by Crippen LogP contribution is 2.32. The van der Waals surface area contributed by atoms with Crippen molar-refractivity contribution in [3.63, 3.8) is 0 Å². The fraction of sp³-hybridized carbons (Fsp3) is 0.471. The maximum atomic E-state index is 12.0. The zero-order valence-electron chi connectivity index (χ0n) is 14.1. The lowest BCUT2D eigenvalue weighted by molar-refractivity contribution is -0.288. The van der Waals surface area contributed by atoms with Gasteiger partial charge in [-0.1, -0.05) is 6.07 Å². The van der Waals surface area contributed by atoms with E-state index in [1.807, 2.05) is 0 Å². The fourth-order valence-electron chi connectivity index (χ4n) is 2.73. The monoisotopic (exact) mass is 367 g/mol. The summed E-state index contributed by atoms with van der Waals surface area (Å²) in [7, 11) is 1.31. The van der Waals surface area contributed by atoms with E-state index < -0.39 is 36.6 Å². The van der Waals surface area contributed by atoms with Crippen molar-refractivity contribution in [1.29, 1.82) is 0 Å². The number of carbonyl (C=O) groups excluding carboxylic acids is 1. The highest BCUT2D eigenvalue weighted by Gasteiger charge is 2.43. The maximum absolute atomic E-state index is 12.0. The molecule has 9 heteroatoms. The molecule has 26 heavy (non-hydrogen) atoms. The van der Waals surface area contributed by atoms with Gasteiger partial charge in [0.25, 0.3) is 0 Å². The van der Waals surface area contributed by atoms with Crippen LogP contribution in [-0.4, -0.2) is 72.4 Å². The first-order valence-electron chi connectivity index (χ1n) is 8.07. The van der Waals surface area contributed by atoms with Crippen LogP contribution in [0.25, 0.3) is 6.08 Å². The Morgan fingerprint density at radius 1 is 1.23 bits per heavy atom. The van der Waals surface area contributed by atoms with Crippen LogP contribution in [0.3, 0.4) is 0 Å². The van der Waals surface area contributed by atoms with Gasteiger partial charge < -0.3 is 39.6 Å². The van der Waals surface area contributed by atoms with Crippen molar-refractivity contribution in [3.05, 3.63) is 29.8 Å². The molecule has 4 N–H and O–H groups in total. The van der Waals surface area contributed by atoms with Crippen LogP contribution in [0.15, 0.2) is 24.3 Å². The molecule has 0 saturated carbocycles. The number of benzene rings is 1. The summed E-state index contributed by atoms with van der Waals surface area (Å²) in [6, 6.07) is 5.29. The van der Waals surface area contributed by atoms with Gasteiger partial charge in [-0.2, -0.15) is 0 Å². The predicted molar refractivity (Wildman–Crippen MR) is 88.3 cm³/mol. The minimum atomic E-state index is -1.43. The van der Waals surface area contributed by atoms with E-state index in [-0.39, 0.29) is 13.3 Å². The lowest BCUT2D eigenvalue weighted by atomic mass is 9.99. The number of hydrogen-bond donors (Lipinski definition) is 4. The molecule has 2 aliphatic heterocycles. The second-order valence-corrected chi connectivity index (χ2v) is 5.94. The SMILES string of the molecule is COC1OC(CNC(=O)C=Cc2ccc3c(c2)OCO3)C(O)C(O)C1O. The summed E-state index contributed by atoms with van der Waals surface area (Å²) in [6.45, 7) is 0.116. The molecule has 0 bridgehead atoms. The third-order valence-electron chi connectivity index (χ3n) is 4.20. The zero-order chi connectivity index (χ0) is 18.7. The Morgan fingerprint density at radius 2 is 2.00 bits per heavy atom. The highest BCUT2D eigenvalue weighted by atomic mass is 16.7. The molecule has 0 radical (unpaired) electrons. The van der Waals surface area contributed by atoms with Gasteiger partial charge in [0.2, 0.25) is 12.7 Å². The molecule has 1 saturated heterocycles. The average molecular weight is 367 g/mol. The Bertz CT molecular complexity index is 677. The molecule has 0 aliphatic carbocycles. The van der Waals surface area contributed by atoms with Crippen LogP contribution < -0.4 is 14.8 Å². The summed E-state index contributed by atoms with van der Waals surface area (Å²) in [5.41, 5.74) is 0.761. The van der Waals surface area contributed by atoms with Gasteiger partial charge in [0.1, 0.15) is 24.4 Å². The molecule has 9 nitrogen and oxygen atoms in total. The number of amides is 1. The number of fused-ring (bicyclic) bond motifs is 1. The number of rotatable bonds is 5. The van der Waals surface area contributed by atoms with Gasteiger partial charge >= 0.3 is 0 Å². The third kappa shape index (κ3) is 3.97. The quantitative estimate of drug-likeness (QED) is 0.488. The van der Waals surface area contributed by atoms with Crippen LogP contribution in [0.2, 0.25) is 0 Å². The first-order valence-corrected chi connectivity index (χ1v) is 8.07. The molecule has 3 rings (SSSR count). The largest absolute Gasteiger partial charge is 0.454 e. The Balaban J connectivity index is 1.53. The average Bonchev–Trinajstić information content (AvgIpc) is 3.11. The summed E-state index contributed by atoms with van der Waals surface area (Å²) in [5.74, 6) is 0.862.